The van der Waals surface area contributed by atoms with Gasteiger partial charge in [0.1, 0.15) is 11.6 Å². The molecular weight excluding hydrogens is 278 g/mol. The van der Waals surface area contributed by atoms with Crippen LogP contribution in [0.5, 0.6) is 0 Å². The second-order valence-corrected chi connectivity index (χ2v) is 6.20. The molecule has 2 aliphatic rings. The normalized spacial score (nSPS) is 18.6. The first-order chi connectivity index (χ1) is 10.7. The van der Waals surface area contributed by atoms with Gasteiger partial charge >= 0.3 is 0 Å². The van der Waals surface area contributed by atoms with Crippen LogP contribution >= 0.6 is 0 Å². The van der Waals surface area contributed by atoms with Gasteiger partial charge < -0.3 is 26.2 Å². The van der Waals surface area contributed by atoms with E-state index in [4.69, 9.17) is 10.7 Å². The Morgan fingerprint density at radius 2 is 1.86 bits per heavy atom. The van der Waals surface area contributed by atoms with E-state index in [1.54, 1.807) is 0 Å². The molecule has 0 amide bonds. The molecule has 4 N–H and O–H groups in total. The lowest BCUT2D eigenvalue weighted by Gasteiger charge is -2.35. The van der Waals surface area contributed by atoms with Crippen LogP contribution in [0.15, 0.2) is 6.07 Å². The summed E-state index contributed by atoms with van der Waals surface area (Å²) in [7, 11) is 0. The molecular formula is C15H27N7. The number of hydrogen-bond donors (Lipinski definition) is 3. The van der Waals surface area contributed by atoms with Crippen molar-refractivity contribution in [2.24, 2.45) is 5.73 Å². The smallest absolute Gasteiger partial charge is 0.229 e. The van der Waals surface area contributed by atoms with Gasteiger partial charge in [-0.3, -0.25) is 0 Å². The highest BCUT2D eigenvalue weighted by Crippen LogP contribution is 2.25. The minimum Gasteiger partial charge on any atom is -0.369 e. The third kappa shape index (κ3) is 3.78. The third-order valence-electron chi connectivity index (χ3n) is 4.09. The standard InChI is InChI=1S/C15H27N7/c1-12(16)11-17-4-5-18-13-10-14(21-6-2-7-21)20-15(19-13)22-8-3-9-22/h10,12,17H,2-9,11,16H2,1H3,(H,18,19,20). The lowest BCUT2D eigenvalue weighted by atomic mass is 10.2. The van der Waals surface area contributed by atoms with E-state index in [-0.39, 0.29) is 6.04 Å². The summed E-state index contributed by atoms with van der Waals surface area (Å²) in [6.07, 6.45) is 2.49. The Kier molecular flexibility index (Phi) is 4.94. The molecule has 22 heavy (non-hydrogen) atoms. The molecule has 0 radical (unpaired) electrons. The van der Waals surface area contributed by atoms with E-state index in [9.17, 15) is 0 Å². The Bertz CT molecular complexity index is 451. The maximum Gasteiger partial charge on any atom is 0.229 e. The fraction of sp³-hybridized carbons (Fsp3) is 0.733. The molecule has 7 nitrogen and oxygen atoms in total. The van der Waals surface area contributed by atoms with Crippen molar-refractivity contribution in [1.29, 1.82) is 0 Å². The summed E-state index contributed by atoms with van der Waals surface area (Å²) in [5.74, 6) is 2.83. The summed E-state index contributed by atoms with van der Waals surface area (Å²) in [4.78, 5) is 13.9. The number of aromatic nitrogens is 2. The number of anilines is 3. The largest absolute Gasteiger partial charge is 0.369 e. The Labute approximate surface area is 132 Å². The van der Waals surface area contributed by atoms with Gasteiger partial charge in [-0.1, -0.05) is 0 Å². The number of nitrogens with zero attached hydrogens (tertiary/aromatic N) is 4. The highest BCUT2D eigenvalue weighted by Gasteiger charge is 2.22. The van der Waals surface area contributed by atoms with Crippen LogP contribution in [0.1, 0.15) is 19.8 Å². The Balaban J connectivity index is 1.59. The van der Waals surface area contributed by atoms with Gasteiger partial charge in [-0.25, -0.2) is 0 Å². The fourth-order valence-electron chi connectivity index (χ4n) is 2.49. The summed E-state index contributed by atoms with van der Waals surface area (Å²) < 4.78 is 0. The molecule has 0 bridgehead atoms. The first kappa shape index (κ1) is 15.3. The van der Waals surface area contributed by atoms with Crippen molar-refractivity contribution in [2.75, 3.05) is 60.9 Å². The molecule has 3 rings (SSSR count). The van der Waals surface area contributed by atoms with E-state index < -0.39 is 0 Å². The van der Waals surface area contributed by atoms with Crippen LogP contribution in [0.2, 0.25) is 0 Å². The molecule has 0 spiro atoms. The van der Waals surface area contributed by atoms with E-state index >= 15 is 0 Å². The van der Waals surface area contributed by atoms with E-state index in [0.29, 0.717) is 0 Å². The third-order valence-corrected chi connectivity index (χ3v) is 4.09. The van der Waals surface area contributed by atoms with E-state index in [0.717, 1.165) is 63.4 Å². The number of hydrogen-bond acceptors (Lipinski definition) is 7. The van der Waals surface area contributed by atoms with Gasteiger partial charge in [-0.05, 0) is 19.8 Å². The van der Waals surface area contributed by atoms with Gasteiger partial charge in [0.25, 0.3) is 0 Å². The first-order valence-electron chi connectivity index (χ1n) is 8.31. The van der Waals surface area contributed by atoms with Crippen LogP contribution in [0.25, 0.3) is 0 Å². The van der Waals surface area contributed by atoms with Gasteiger partial charge in [-0.15, -0.1) is 0 Å². The summed E-state index contributed by atoms with van der Waals surface area (Å²) in [5.41, 5.74) is 5.72. The number of rotatable bonds is 8. The van der Waals surface area contributed by atoms with Crippen LogP contribution in [0.4, 0.5) is 17.6 Å². The molecule has 1 aromatic heterocycles. The van der Waals surface area contributed by atoms with E-state index in [2.05, 4.69) is 31.5 Å². The average molecular weight is 305 g/mol. The topological polar surface area (TPSA) is 82.3 Å². The number of nitrogens with one attached hydrogen (secondary N) is 2. The molecule has 3 heterocycles. The second kappa shape index (κ2) is 7.11. The van der Waals surface area contributed by atoms with Crippen LogP contribution in [-0.2, 0) is 0 Å². The molecule has 122 valence electrons. The Morgan fingerprint density at radius 1 is 1.14 bits per heavy atom. The van der Waals surface area contributed by atoms with E-state index in [1.807, 2.05) is 6.92 Å². The number of nitrogens with two attached hydrogens (primary N) is 1. The van der Waals surface area contributed by atoms with Crippen molar-refractivity contribution in [1.82, 2.24) is 15.3 Å². The maximum absolute atomic E-state index is 5.72. The molecule has 2 aliphatic heterocycles. The van der Waals surface area contributed by atoms with Crippen molar-refractivity contribution in [3.63, 3.8) is 0 Å². The zero-order chi connectivity index (χ0) is 15.4. The van der Waals surface area contributed by atoms with Crippen LogP contribution < -0.4 is 26.2 Å². The summed E-state index contributed by atoms with van der Waals surface area (Å²) in [5, 5.41) is 6.72. The van der Waals surface area contributed by atoms with Crippen LogP contribution in [0.3, 0.4) is 0 Å². The molecule has 1 unspecified atom stereocenters. The lowest BCUT2D eigenvalue weighted by molar-refractivity contribution is 0.588. The van der Waals surface area contributed by atoms with Crippen molar-refractivity contribution in [3.05, 3.63) is 6.07 Å². The highest BCUT2D eigenvalue weighted by molar-refractivity contribution is 5.55. The van der Waals surface area contributed by atoms with E-state index in [1.165, 1.54) is 12.8 Å². The maximum atomic E-state index is 5.72. The molecule has 7 heteroatoms. The molecule has 0 aliphatic carbocycles. The zero-order valence-corrected chi connectivity index (χ0v) is 13.4. The summed E-state index contributed by atoms with van der Waals surface area (Å²) in [6, 6.07) is 2.25. The summed E-state index contributed by atoms with van der Waals surface area (Å²) >= 11 is 0. The van der Waals surface area contributed by atoms with Crippen molar-refractivity contribution >= 4 is 17.6 Å². The molecule has 0 saturated carbocycles. The van der Waals surface area contributed by atoms with Gasteiger partial charge in [0.15, 0.2) is 0 Å². The van der Waals surface area contributed by atoms with Crippen LogP contribution in [0, 0.1) is 0 Å². The SMILES string of the molecule is CC(N)CNCCNc1cc(N2CCC2)nc(N2CCC2)n1. The minimum atomic E-state index is 0.190. The predicted octanol–water partition coefficient (Wildman–Crippen LogP) is 0.246. The van der Waals surface area contributed by atoms with Crippen LogP contribution in [-0.4, -0.2) is 61.8 Å². The van der Waals surface area contributed by atoms with Gasteiger partial charge in [0.2, 0.25) is 5.95 Å². The molecule has 2 saturated heterocycles. The Hall–Kier alpha value is -1.60. The minimum absolute atomic E-state index is 0.190. The predicted molar refractivity (Wildman–Crippen MR) is 90.7 cm³/mol. The second-order valence-electron chi connectivity index (χ2n) is 6.20. The van der Waals surface area contributed by atoms with Crippen molar-refractivity contribution in [3.8, 4) is 0 Å². The lowest BCUT2D eigenvalue weighted by Crippen LogP contribution is -2.41. The Morgan fingerprint density at radius 3 is 2.45 bits per heavy atom. The molecule has 0 aromatic carbocycles. The van der Waals surface area contributed by atoms with Crippen molar-refractivity contribution in [2.45, 2.75) is 25.8 Å². The monoisotopic (exact) mass is 305 g/mol. The average Bonchev–Trinajstić information content (AvgIpc) is 2.33. The van der Waals surface area contributed by atoms with Gasteiger partial charge in [-0.2, -0.15) is 9.97 Å². The quantitative estimate of drug-likeness (QED) is 0.594. The summed E-state index contributed by atoms with van der Waals surface area (Å²) in [6.45, 7) is 8.90. The first-order valence-corrected chi connectivity index (χ1v) is 8.31. The fourth-order valence-corrected chi connectivity index (χ4v) is 2.49. The molecule has 2 fully saturated rings. The highest BCUT2D eigenvalue weighted by atomic mass is 15.3. The van der Waals surface area contributed by atoms with Gasteiger partial charge in [0, 0.05) is 57.9 Å². The molecule has 1 atom stereocenters. The zero-order valence-electron chi connectivity index (χ0n) is 13.4. The molecule has 1 aromatic rings. The van der Waals surface area contributed by atoms with Crippen molar-refractivity contribution < 1.29 is 0 Å². The van der Waals surface area contributed by atoms with Gasteiger partial charge in [0.05, 0.1) is 0 Å².